The minimum atomic E-state index is -0.309. The zero-order chi connectivity index (χ0) is 17.4. The van der Waals surface area contributed by atoms with Crippen LogP contribution in [0.2, 0.25) is 8.67 Å². The van der Waals surface area contributed by atoms with E-state index in [9.17, 15) is 4.79 Å². The van der Waals surface area contributed by atoms with Crippen molar-refractivity contribution in [3.8, 4) is 11.4 Å². The maximum atomic E-state index is 12.5. The number of hydrogen-bond donors (Lipinski definition) is 2. The number of amides is 1. The number of hydrogen-bond acceptors (Lipinski definition) is 3. The van der Waals surface area contributed by atoms with E-state index in [-0.39, 0.29) is 5.91 Å². The molecular weight excluding hydrogens is 377 g/mol. The van der Waals surface area contributed by atoms with Crippen molar-refractivity contribution in [2.75, 3.05) is 5.32 Å². The van der Waals surface area contributed by atoms with Crippen LogP contribution in [0.1, 0.15) is 10.4 Å². The molecule has 0 aliphatic rings. The fraction of sp³-hybridized carbons (Fsp3) is 0. The van der Waals surface area contributed by atoms with Gasteiger partial charge in [0.2, 0.25) is 0 Å². The zero-order valence-electron chi connectivity index (χ0n) is 12.7. The largest absolute Gasteiger partial charge is 0.338 e. The number of aromatic nitrogens is 2. The normalized spacial score (nSPS) is 11.0. The van der Waals surface area contributed by atoms with Crippen LogP contribution in [0, 0.1) is 0 Å². The van der Waals surface area contributed by atoms with Gasteiger partial charge in [0.15, 0.2) is 0 Å². The van der Waals surface area contributed by atoms with Gasteiger partial charge in [-0.05, 0) is 30.3 Å². The monoisotopic (exact) mass is 387 g/mol. The molecule has 0 saturated heterocycles. The smallest absolute Gasteiger partial charge is 0.258 e. The Morgan fingerprint density at radius 1 is 1.08 bits per heavy atom. The van der Waals surface area contributed by atoms with Crippen LogP contribution < -0.4 is 5.32 Å². The summed E-state index contributed by atoms with van der Waals surface area (Å²) in [6.45, 7) is 0. The van der Waals surface area contributed by atoms with Crippen molar-refractivity contribution in [1.82, 2.24) is 9.97 Å². The SMILES string of the molecule is O=C(Nc1ccccc1-c1nc2ccccc2[nH]1)c1cc(Cl)sc1Cl. The first-order valence-corrected chi connectivity index (χ1v) is 8.99. The van der Waals surface area contributed by atoms with Crippen LogP contribution in [0.3, 0.4) is 0 Å². The summed E-state index contributed by atoms with van der Waals surface area (Å²) in [6.07, 6.45) is 0. The number of fused-ring (bicyclic) bond motifs is 1. The van der Waals surface area contributed by atoms with Crippen LogP contribution in [0.25, 0.3) is 22.4 Å². The number of para-hydroxylation sites is 3. The second-order valence-corrected chi connectivity index (χ2v) is 7.63. The zero-order valence-corrected chi connectivity index (χ0v) is 15.0. The second-order valence-electron chi connectivity index (χ2n) is 5.34. The highest BCUT2D eigenvalue weighted by Gasteiger charge is 2.17. The molecule has 7 heteroatoms. The fourth-order valence-corrected chi connectivity index (χ4v) is 4.02. The molecule has 0 aliphatic carbocycles. The maximum absolute atomic E-state index is 12.5. The summed E-state index contributed by atoms with van der Waals surface area (Å²) in [5.74, 6) is 0.378. The number of carbonyl (C=O) groups is 1. The quantitative estimate of drug-likeness (QED) is 0.463. The lowest BCUT2D eigenvalue weighted by Gasteiger charge is -2.09. The summed E-state index contributed by atoms with van der Waals surface area (Å²) in [6, 6.07) is 16.8. The van der Waals surface area contributed by atoms with Crippen molar-refractivity contribution >= 4 is 57.2 Å². The predicted octanol–water partition coefficient (Wildman–Crippen LogP) is 5.85. The van der Waals surface area contributed by atoms with Gasteiger partial charge in [0, 0.05) is 5.56 Å². The highest BCUT2D eigenvalue weighted by molar-refractivity contribution is 7.20. The van der Waals surface area contributed by atoms with Crippen LogP contribution >= 0.6 is 34.5 Å². The minimum Gasteiger partial charge on any atom is -0.338 e. The first kappa shape index (κ1) is 16.1. The van der Waals surface area contributed by atoms with Gasteiger partial charge in [-0.3, -0.25) is 4.79 Å². The molecule has 4 rings (SSSR count). The van der Waals surface area contributed by atoms with E-state index in [2.05, 4.69) is 15.3 Å². The van der Waals surface area contributed by atoms with E-state index >= 15 is 0 Å². The van der Waals surface area contributed by atoms with Crippen LogP contribution in [0.4, 0.5) is 5.69 Å². The molecule has 2 aromatic heterocycles. The van der Waals surface area contributed by atoms with E-state index in [0.29, 0.717) is 25.7 Å². The summed E-state index contributed by atoms with van der Waals surface area (Å²) in [7, 11) is 0. The van der Waals surface area contributed by atoms with E-state index in [0.717, 1.165) is 27.9 Å². The summed E-state index contributed by atoms with van der Waals surface area (Å²) < 4.78 is 0.837. The van der Waals surface area contributed by atoms with Gasteiger partial charge in [0.05, 0.1) is 26.6 Å². The summed E-state index contributed by atoms with van der Waals surface area (Å²) >= 11 is 13.2. The van der Waals surface area contributed by atoms with Gasteiger partial charge in [0.25, 0.3) is 5.91 Å². The predicted molar refractivity (Wildman–Crippen MR) is 104 cm³/mol. The van der Waals surface area contributed by atoms with Crippen LogP contribution in [-0.2, 0) is 0 Å². The number of nitrogens with zero attached hydrogens (tertiary/aromatic N) is 1. The number of nitrogens with one attached hydrogen (secondary N) is 2. The maximum Gasteiger partial charge on any atom is 0.258 e. The number of anilines is 1. The molecule has 4 aromatic rings. The Morgan fingerprint density at radius 2 is 1.84 bits per heavy atom. The standard InChI is InChI=1S/C18H11Cl2N3OS/c19-15-9-11(16(20)25-15)18(24)23-12-6-2-1-5-10(12)17-21-13-7-3-4-8-14(13)22-17/h1-9H,(H,21,22)(H,23,24). The molecule has 25 heavy (non-hydrogen) atoms. The molecule has 4 nitrogen and oxygen atoms in total. The van der Waals surface area contributed by atoms with Crippen LogP contribution in [0.15, 0.2) is 54.6 Å². The Labute approximate surface area is 157 Å². The molecule has 0 atom stereocenters. The summed E-state index contributed by atoms with van der Waals surface area (Å²) in [5, 5.41) is 2.89. The molecule has 0 fully saturated rings. The fourth-order valence-electron chi connectivity index (χ4n) is 2.56. The highest BCUT2D eigenvalue weighted by atomic mass is 35.5. The van der Waals surface area contributed by atoms with Gasteiger partial charge in [-0.15, -0.1) is 11.3 Å². The van der Waals surface area contributed by atoms with Gasteiger partial charge in [-0.1, -0.05) is 47.5 Å². The average Bonchev–Trinajstić information content (AvgIpc) is 3.18. The molecule has 0 bridgehead atoms. The lowest BCUT2D eigenvalue weighted by atomic mass is 10.1. The van der Waals surface area contributed by atoms with Crippen molar-refractivity contribution in [1.29, 1.82) is 0 Å². The Bertz CT molecular complexity index is 1050. The van der Waals surface area contributed by atoms with Crippen LogP contribution in [0.5, 0.6) is 0 Å². The third-order valence-corrected chi connectivity index (χ3v) is 5.21. The summed E-state index contributed by atoms with van der Waals surface area (Å²) in [4.78, 5) is 20.4. The van der Waals surface area contributed by atoms with Gasteiger partial charge in [-0.2, -0.15) is 0 Å². The van der Waals surface area contributed by atoms with E-state index in [4.69, 9.17) is 23.2 Å². The minimum absolute atomic E-state index is 0.309. The van der Waals surface area contributed by atoms with Gasteiger partial charge >= 0.3 is 0 Å². The average molecular weight is 388 g/mol. The number of halogens is 2. The number of rotatable bonds is 3. The molecule has 2 heterocycles. The molecular formula is C18H11Cl2N3OS. The van der Waals surface area contributed by atoms with Gasteiger partial charge in [0.1, 0.15) is 10.2 Å². The topological polar surface area (TPSA) is 57.8 Å². The van der Waals surface area contributed by atoms with Crippen molar-refractivity contribution in [2.45, 2.75) is 0 Å². The lowest BCUT2D eigenvalue weighted by molar-refractivity contribution is 0.102. The number of imidazole rings is 1. The molecule has 124 valence electrons. The van der Waals surface area contributed by atoms with E-state index in [1.807, 2.05) is 48.5 Å². The number of benzene rings is 2. The van der Waals surface area contributed by atoms with Crippen molar-refractivity contribution < 1.29 is 4.79 Å². The van der Waals surface area contributed by atoms with Crippen molar-refractivity contribution in [3.05, 3.63) is 68.8 Å². The number of thiophene rings is 1. The van der Waals surface area contributed by atoms with Crippen molar-refractivity contribution in [2.24, 2.45) is 0 Å². The molecule has 0 spiro atoms. The van der Waals surface area contributed by atoms with E-state index in [1.54, 1.807) is 6.07 Å². The molecule has 0 saturated carbocycles. The molecule has 0 unspecified atom stereocenters. The lowest BCUT2D eigenvalue weighted by Crippen LogP contribution is -2.12. The Morgan fingerprint density at radius 3 is 2.60 bits per heavy atom. The summed E-state index contributed by atoms with van der Waals surface area (Å²) in [5.41, 5.74) is 3.60. The Kier molecular flexibility index (Phi) is 4.21. The Balaban J connectivity index is 1.71. The molecule has 2 N–H and O–H groups in total. The first-order valence-electron chi connectivity index (χ1n) is 7.42. The van der Waals surface area contributed by atoms with Crippen molar-refractivity contribution in [3.63, 3.8) is 0 Å². The first-order chi connectivity index (χ1) is 12.1. The van der Waals surface area contributed by atoms with Gasteiger partial charge < -0.3 is 10.3 Å². The number of H-pyrrole nitrogens is 1. The molecule has 2 aromatic carbocycles. The van der Waals surface area contributed by atoms with E-state index in [1.165, 1.54) is 0 Å². The third kappa shape index (κ3) is 3.14. The molecule has 1 amide bonds. The number of carbonyl (C=O) groups excluding carboxylic acids is 1. The molecule has 0 aliphatic heterocycles. The second kappa shape index (κ2) is 6.52. The highest BCUT2D eigenvalue weighted by Crippen LogP contribution is 2.33. The van der Waals surface area contributed by atoms with E-state index < -0.39 is 0 Å². The molecule has 0 radical (unpaired) electrons. The van der Waals surface area contributed by atoms with Crippen LogP contribution in [-0.4, -0.2) is 15.9 Å². The number of aromatic amines is 1. The third-order valence-electron chi connectivity index (χ3n) is 3.72. The van der Waals surface area contributed by atoms with Gasteiger partial charge in [-0.25, -0.2) is 4.98 Å². The Hall–Kier alpha value is -2.34.